The molecule has 0 aliphatic heterocycles. The molecule has 4 nitrogen and oxygen atoms in total. The molecule has 3 rings (SSSR count). The van der Waals surface area contributed by atoms with E-state index in [4.69, 9.17) is 5.73 Å². The molecule has 3 aromatic heterocycles. The fourth-order valence-electron chi connectivity index (χ4n) is 1.51. The lowest BCUT2D eigenvalue weighted by Crippen LogP contribution is -2.02. The van der Waals surface area contributed by atoms with Gasteiger partial charge < -0.3 is 5.73 Å². The number of thiophene rings is 1. The van der Waals surface area contributed by atoms with Crippen LogP contribution in [0.25, 0.3) is 15.5 Å². The van der Waals surface area contributed by atoms with Crippen molar-refractivity contribution >= 4 is 40.0 Å². The Morgan fingerprint density at radius 1 is 1.41 bits per heavy atom. The van der Waals surface area contributed by atoms with Gasteiger partial charge in [0.2, 0.25) is 4.96 Å². The van der Waals surface area contributed by atoms with E-state index in [1.54, 1.807) is 22.7 Å². The van der Waals surface area contributed by atoms with Crippen LogP contribution in [0.2, 0.25) is 0 Å². The molecule has 0 amide bonds. The van der Waals surface area contributed by atoms with Crippen LogP contribution in [0, 0.1) is 0 Å². The summed E-state index contributed by atoms with van der Waals surface area (Å²) in [6, 6.07) is 4.10. The molecule has 0 radical (unpaired) electrons. The van der Waals surface area contributed by atoms with E-state index in [0.717, 1.165) is 22.1 Å². The van der Waals surface area contributed by atoms with Crippen molar-refractivity contribution in [2.45, 2.75) is 6.42 Å². The van der Waals surface area contributed by atoms with Crippen LogP contribution < -0.4 is 5.73 Å². The van der Waals surface area contributed by atoms with Gasteiger partial charge in [0, 0.05) is 6.42 Å². The minimum Gasteiger partial charge on any atom is -0.330 e. The number of hydrogen-bond acceptors (Lipinski definition) is 5. The molecule has 0 saturated heterocycles. The first-order valence-corrected chi connectivity index (χ1v) is 6.65. The van der Waals surface area contributed by atoms with Crippen molar-refractivity contribution in [3.8, 4) is 10.6 Å². The zero-order chi connectivity index (χ0) is 11.0. The van der Waals surface area contributed by atoms with E-state index in [2.05, 4.69) is 21.5 Å². The van der Waals surface area contributed by atoms with Crippen LogP contribution in [0.4, 0.5) is 0 Å². The van der Waals surface area contributed by atoms with Crippen LogP contribution in [-0.4, -0.2) is 21.1 Å². The predicted molar refractivity (Wildman–Crippen MR) is 74.2 cm³/mol. The molecule has 3 heterocycles. The first-order valence-electron chi connectivity index (χ1n) is 4.96. The molecule has 0 fully saturated rings. The molecule has 7 heteroatoms. The zero-order valence-electron chi connectivity index (χ0n) is 8.87. The summed E-state index contributed by atoms with van der Waals surface area (Å²) >= 11 is 3.30. The Hall–Kier alpha value is -0.950. The van der Waals surface area contributed by atoms with Crippen molar-refractivity contribution in [2.75, 3.05) is 6.54 Å². The molecule has 0 spiro atoms. The van der Waals surface area contributed by atoms with Gasteiger partial charge in [0.05, 0.1) is 11.1 Å². The molecule has 3 aromatic rings. The summed E-state index contributed by atoms with van der Waals surface area (Å²) in [4.78, 5) is 6.66. The number of nitrogens with two attached hydrogens (primary N) is 1. The van der Waals surface area contributed by atoms with Crippen molar-refractivity contribution in [3.05, 3.63) is 28.7 Å². The topological polar surface area (TPSA) is 56.2 Å². The average Bonchev–Trinajstić information content (AvgIpc) is 2.89. The van der Waals surface area contributed by atoms with E-state index < -0.39 is 0 Å². The summed E-state index contributed by atoms with van der Waals surface area (Å²) in [6.45, 7) is 0.633. The molecule has 0 atom stereocenters. The van der Waals surface area contributed by atoms with E-state index in [1.807, 2.05) is 16.8 Å². The van der Waals surface area contributed by atoms with Crippen molar-refractivity contribution in [2.24, 2.45) is 5.73 Å². The first-order chi connectivity index (χ1) is 7.86. The molecule has 0 aliphatic rings. The molecule has 2 N–H and O–H groups in total. The highest BCUT2D eigenvalue weighted by molar-refractivity contribution is 7.16. The fourth-order valence-corrected chi connectivity index (χ4v) is 3.08. The third-order valence-electron chi connectivity index (χ3n) is 2.22. The summed E-state index contributed by atoms with van der Waals surface area (Å²) < 4.78 is 1.84. The van der Waals surface area contributed by atoms with Gasteiger partial charge in [0.25, 0.3) is 0 Å². The summed E-state index contributed by atoms with van der Waals surface area (Å²) in [7, 11) is 0. The second kappa shape index (κ2) is 5.14. The molecule has 0 aromatic carbocycles. The third-order valence-corrected chi connectivity index (χ3v) is 4.09. The van der Waals surface area contributed by atoms with Crippen LogP contribution in [0.15, 0.2) is 23.7 Å². The maximum absolute atomic E-state index is 5.50. The summed E-state index contributed by atoms with van der Waals surface area (Å²) in [6.07, 6.45) is 2.79. The molecule has 0 bridgehead atoms. The fraction of sp³-hybridized carbons (Fsp3) is 0.200. The van der Waals surface area contributed by atoms with E-state index in [0.29, 0.717) is 6.54 Å². The molecular formula is C10H11ClN4S2. The second-order valence-electron chi connectivity index (χ2n) is 3.37. The van der Waals surface area contributed by atoms with Crippen LogP contribution in [0.3, 0.4) is 0 Å². The number of halogens is 1. The quantitative estimate of drug-likeness (QED) is 0.804. The smallest absolute Gasteiger partial charge is 0.212 e. The van der Waals surface area contributed by atoms with Gasteiger partial charge in [-0.1, -0.05) is 17.4 Å². The highest BCUT2D eigenvalue weighted by Gasteiger charge is 2.09. The van der Waals surface area contributed by atoms with E-state index in [1.165, 1.54) is 4.88 Å². The Bertz CT molecular complexity index is 567. The minimum absolute atomic E-state index is 0. The molecule has 90 valence electrons. The van der Waals surface area contributed by atoms with E-state index in [9.17, 15) is 0 Å². The third kappa shape index (κ3) is 2.35. The molecule has 0 unspecified atom stereocenters. The number of nitrogens with zero attached hydrogens (tertiary/aromatic N) is 3. The van der Waals surface area contributed by atoms with Gasteiger partial charge in [-0.3, -0.25) is 0 Å². The monoisotopic (exact) mass is 286 g/mol. The highest BCUT2D eigenvalue weighted by atomic mass is 35.5. The number of imidazole rings is 1. The number of aromatic nitrogens is 3. The van der Waals surface area contributed by atoms with Crippen molar-refractivity contribution in [1.82, 2.24) is 14.6 Å². The van der Waals surface area contributed by atoms with Crippen LogP contribution >= 0.6 is 35.1 Å². The van der Waals surface area contributed by atoms with Gasteiger partial charge in [0.1, 0.15) is 10.7 Å². The van der Waals surface area contributed by atoms with Crippen molar-refractivity contribution < 1.29 is 0 Å². The lowest BCUT2D eigenvalue weighted by Gasteiger charge is -1.88. The Labute approximate surface area is 113 Å². The van der Waals surface area contributed by atoms with Crippen LogP contribution in [0.5, 0.6) is 0 Å². The Balaban J connectivity index is 0.00000108. The maximum atomic E-state index is 5.50. The standard InChI is InChI=1S/C10H10N4S2.ClH/c11-4-3-9-13-14-6-7(12-10(14)16-9)8-2-1-5-15-8;/h1-2,5-6H,3-4,11H2;1H. The highest BCUT2D eigenvalue weighted by Crippen LogP contribution is 2.25. The van der Waals surface area contributed by atoms with Crippen molar-refractivity contribution in [1.29, 1.82) is 0 Å². The van der Waals surface area contributed by atoms with E-state index >= 15 is 0 Å². The second-order valence-corrected chi connectivity index (χ2v) is 5.35. The summed E-state index contributed by atoms with van der Waals surface area (Å²) in [5.41, 5.74) is 6.49. The number of hydrogen-bond donors (Lipinski definition) is 1. The molecule has 17 heavy (non-hydrogen) atoms. The Kier molecular flexibility index (Phi) is 3.78. The Morgan fingerprint density at radius 3 is 2.94 bits per heavy atom. The molecule has 0 saturated carbocycles. The molecular weight excluding hydrogens is 276 g/mol. The normalized spacial score (nSPS) is 10.6. The maximum Gasteiger partial charge on any atom is 0.212 e. The van der Waals surface area contributed by atoms with E-state index in [-0.39, 0.29) is 12.4 Å². The number of fused-ring (bicyclic) bond motifs is 1. The summed E-state index contributed by atoms with van der Waals surface area (Å²) in [5.74, 6) is 0. The lowest BCUT2D eigenvalue weighted by molar-refractivity contribution is 0.873. The predicted octanol–water partition coefficient (Wildman–Crippen LogP) is 2.44. The summed E-state index contributed by atoms with van der Waals surface area (Å²) in [5, 5.41) is 7.53. The van der Waals surface area contributed by atoms with Gasteiger partial charge in [-0.25, -0.2) is 9.50 Å². The lowest BCUT2D eigenvalue weighted by atomic mass is 10.4. The van der Waals surface area contributed by atoms with Crippen LogP contribution in [0.1, 0.15) is 5.01 Å². The zero-order valence-corrected chi connectivity index (χ0v) is 11.3. The van der Waals surface area contributed by atoms with Crippen molar-refractivity contribution in [3.63, 3.8) is 0 Å². The van der Waals surface area contributed by atoms with Gasteiger partial charge in [-0.2, -0.15) is 5.10 Å². The SMILES string of the molecule is Cl.NCCc1nn2cc(-c3cccs3)nc2s1. The number of rotatable bonds is 3. The average molecular weight is 287 g/mol. The van der Waals surface area contributed by atoms with Crippen LogP contribution in [-0.2, 0) is 6.42 Å². The minimum atomic E-state index is 0. The van der Waals surface area contributed by atoms with Gasteiger partial charge in [-0.05, 0) is 18.0 Å². The van der Waals surface area contributed by atoms with Gasteiger partial charge >= 0.3 is 0 Å². The molecule has 0 aliphatic carbocycles. The van der Waals surface area contributed by atoms with Gasteiger partial charge in [-0.15, -0.1) is 23.7 Å². The largest absolute Gasteiger partial charge is 0.330 e. The van der Waals surface area contributed by atoms with Gasteiger partial charge in [0.15, 0.2) is 0 Å². The Morgan fingerprint density at radius 2 is 2.29 bits per heavy atom. The first kappa shape index (κ1) is 12.5.